The maximum atomic E-state index is 12.8. The maximum absolute atomic E-state index is 12.8. The summed E-state index contributed by atoms with van der Waals surface area (Å²) < 4.78 is 11.4. The molecule has 1 unspecified atom stereocenters. The number of benzene rings is 3. The number of hydrogen-bond acceptors (Lipinski definition) is 9. The highest BCUT2D eigenvalue weighted by atomic mass is 16.5. The van der Waals surface area contributed by atoms with Gasteiger partial charge in [0.2, 0.25) is 5.95 Å². The summed E-state index contributed by atoms with van der Waals surface area (Å²) in [6.07, 6.45) is 5.56. The predicted molar refractivity (Wildman–Crippen MR) is 172 cm³/mol. The summed E-state index contributed by atoms with van der Waals surface area (Å²) >= 11 is 0. The van der Waals surface area contributed by atoms with Gasteiger partial charge in [0.25, 0.3) is 0 Å². The number of carbonyl (C=O) groups is 2. The molecule has 0 saturated carbocycles. The molecule has 0 radical (unpaired) electrons. The highest BCUT2D eigenvalue weighted by molar-refractivity contribution is 5.99. The van der Waals surface area contributed by atoms with E-state index in [1.807, 2.05) is 66.7 Å². The van der Waals surface area contributed by atoms with Crippen LogP contribution in [0.3, 0.4) is 0 Å². The van der Waals surface area contributed by atoms with Crippen molar-refractivity contribution in [3.8, 4) is 16.9 Å². The minimum Gasteiger partial charge on any atom is -0.495 e. The summed E-state index contributed by atoms with van der Waals surface area (Å²) in [5, 5.41) is 21.0. The number of anilines is 3. The largest absolute Gasteiger partial charge is 0.495 e. The van der Waals surface area contributed by atoms with E-state index in [-0.39, 0.29) is 24.9 Å². The van der Waals surface area contributed by atoms with Gasteiger partial charge in [-0.15, -0.1) is 0 Å². The third-order valence-electron chi connectivity index (χ3n) is 7.08. The molecule has 0 fully saturated rings. The number of aliphatic carboxylic acids is 1. The Balaban J connectivity index is 1.45. The molecule has 5 N–H and O–H groups in total. The van der Waals surface area contributed by atoms with Crippen molar-refractivity contribution in [2.45, 2.75) is 12.1 Å². The van der Waals surface area contributed by atoms with Gasteiger partial charge in [0, 0.05) is 36.9 Å². The van der Waals surface area contributed by atoms with Crippen molar-refractivity contribution in [3.05, 3.63) is 109 Å². The van der Waals surface area contributed by atoms with E-state index in [1.54, 1.807) is 31.4 Å². The Morgan fingerprint density at radius 2 is 1.64 bits per heavy atom. The summed E-state index contributed by atoms with van der Waals surface area (Å²) in [6, 6.07) is 24.4. The lowest BCUT2D eigenvalue weighted by Gasteiger charge is -2.35. The molecule has 4 aromatic rings. The van der Waals surface area contributed by atoms with Crippen molar-refractivity contribution in [1.29, 1.82) is 0 Å². The van der Waals surface area contributed by atoms with Gasteiger partial charge in [-0.25, -0.2) is 14.8 Å². The predicted octanol–water partition coefficient (Wildman–Crippen LogP) is 5.03. The molecular formula is C33H33N7O5. The fourth-order valence-electron chi connectivity index (χ4n) is 4.91. The second-order valence-electron chi connectivity index (χ2n) is 10.0. The van der Waals surface area contributed by atoms with Gasteiger partial charge in [0.1, 0.15) is 12.1 Å². The van der Waals surface area contributed by atoms with Crippen LogP contribution in [-0.4, -0.2) is 65.1 Å². The highest BCUT2D eigenvalue weighted by Crippen LogP contribution is 2.37. The average molecular weight is 608 g/mol. The number of amides is 2. The molecule has 0 saturated heterocycles. The van der Waals surface area contributed by atoms with E-state index in [1.165, 1.54) is 13.4 Å². The second kappa shape index (κ2) is 14.3. The van der Waals surface area contributed by atoms with Crippen LogP contribution in [0.1, 0.15) is 12.2 Å². The first-order chi connectivity index (χ1) is 21.9. The number of ether oxygens (including phenoxy) is 2. The zero-order chi connectivity index (χ0) is 31.6. The molecule has 0 spiro atoms. The van der Waals surface area contributed by atoms with E-state index in [4.69, 9.17) is 9.47 Å². The molecule has 3 aromatic carbocycles. The van der Waals surface area contributed by atoms with E-state index in [2.05, 4.69) is 36.2 Å². The number of hydrogen-bond donors (Lipinski definition) is 5. The molecule has 12 heteroatoms. The van der Waals surface area contributed by atoms with Crippen LogP contribution >= 0.6 is 0 Å². The monoisotopic (exact) mass is 607 g/mol. The summed E-state index contributed by atoms with van der Waals surface area (Å²) in [4.78, 5) is 37.1. The van der Waals surface area contributed by atoms with Crippen molar-refractivity contribution >= 4 is 34.9 Å². The van der Waals surface area contributed by atoms with Crippen LogP contribution in [0.2, 0.25) is 0 Å². The summed E-state index contributed by atoms with van der Waals surface area (Å²) in [5.74, 6) is -0.199. The van der Waals surface area contributed by atoms with Crippen molar-refractivity contribution in [3.63, 3.8) is 0 Å². The Labute approximate surface area is 260 Å². The third-order valence-corrected chi connectivity index (χ3v) is 7.08. The summed E-state index contributed by atoms with van der Waals surface area (Å²) in [7, 11) is 3.12. The molecule has 5 rings (SSSR count). The second-order valence-corrected chi connectivity index (χ2v) is 10.0. The minimum absolute atomic E-state index is 0.0158. The van der Waals surface area contributed by atoms with Crippen LogP contribution in [-0.2, 0) is 9.53 Å². The molecule has 12 nitrogen and oxygen atoms in total. The summed E-state index contributed by atoms with van der Waals surface area (Å²) in [5.41, 5.74) is 3.71. The Hall–Kier alpha value is -5.59. The first-order valence-corrected chi connectivity index (χ1v) is 14.1. The zero-order valence-corrected chi connectivity index (χ0v) is 24.8. The van der Waals surface area contributed by atoms with E-state index in [0.717, 1.165) is 22.4 Å². The van der Waals surface area contributed by atoms with Gasteiger partial charge >= 0.3 is 12.0 Å². The number of methoxy groups -OCH3 is 2. The molecule has 0 bridgehead atoms. The van der Waals surface area contributed by atoms with E-state index in [0.29, 0.717) is 23.4 Å². The van der Waals surface area contributed by atoms with Gasteiger partial charge in [-0.05, 0) is 35.4 Å². The molecule has 1 aromatic heterocycles. The lowest BCUT2D eigenvalue weighted by Crippen LogP contribution is -2.40. The number of urea groups is 1. The highest BCUT2D eigenvalue weighted by Gasteiger charge is 2.33. The number of aromatic nitrogens is 3. The normalized spacial score (nSPS) is 15.8. The lowest BCUT2D eigenvalue weighted by atomic mass is 9.90. The van der Waals surface area contributed by atoms with Gasteiger partial charge in [-0.3, -0.25) is 10.1 Å². The SMILES string of the molecule is COc1ccccc1NC(=O)Nc1ncnc(C2=CC(Nc3ccccc3-c3ccccc3)(OC)CC=C2CNCC(=O)O)n1. The first-order valence-electron chi connectivity index (χ1n) is 14.1. The molecule has 45 heavy (non-hydrogen) atoms. The smallest absolute Gasteiger partial charge is 0.326 e. The zero-order valence-electron chi connectivity index (χ0n) is 24.8. The molecular weight excluding hydrogens is 574 g/mol. The van der Waals surface area contributed by atoms with Gasteiger partial charge in [-0.2, -0.15) is 4.98 Å². The van der Waals surface area contributed by atoms with Gasteiger partial charge in [-0.1, -0.05) is 66.7 Å². The van der Waals surface area contributed by atoms with E-state index >= 15 is 0 Å². The van der Waals surface area contributed by atoms with Crippen LogP contribution in [0.4, 0.5) is 22.1 Å². The molecule has 230 valence electrons. The number of carboxylic acid groups (broad SMARTS) is 1. The van der Waals surface area contributed by atoms with Crippen LogP contribution in [0.15, 0.2) is 103 Å². The van der Waals surface area contributed by atoms with E-state index < -0.39 is 17.7 Å². The fraction of sp³-hybridized carbons (Fsp3) is 0.182. The number of rotatable bonds is 12. The number of carbonyl (C=O) groups excluding carboxylic acids is 1. The average Bonchev–Trinajstić information content (AvgIpc) is 3.06. The maximum Gasteiger partial charge on any atom is 0.326 e. The Morgan fingerprint density at radius 1 is 0.911 bits per heavy atom. The number of para-hydroxylation sites is 3. The van der Waals surface area contributed by atoms with Crippen LogP contribution in [0.5, 0.6) is 5.75 Å². The summed E-state index contributed by atoms with van der Waals surface area (Å²) in [6.45, 7) is 0.0110. The molecule has 1 aliphatic rings. The molecule has 2 amide bonds. The fourth-order valence-corrected chi connectivity index (χ4v) is 4.91. The Kier molecular flexibility index (Phi) is 9.77. The minimum atomic E-state index is -1.00. The van der Waals surface area contributed by atoms with Gasteiger partial charge in [0.05, 0.1) is 19.3 Å². The number of nitrogens with zero attached hydrogens (tertiary/aromatic N) is 3. The Bertz CT molecular complexity index is 1730. The van der Waals surface area contributed by atoms with Crippen molar-refractivity contribution < 1.29 is 24.2 Å². The third kappa shape index (κ3) is 7.68. The topological polar surface area (TPSA) is 160 Å². The van der Waals surface area contributed by atoms with Gasteiger partial charge in [0.15, 0.2) is 11.5 Å². The van der Waals surface area contributed by atoms with Crippen molar-refractivity contribution in [2.24, 2.45) is 0 Å². The van der Waals surface area contributed by atoms with Crippen LogP contribution in [0.25, 0.3) is 16.7 Å². The Morgan fingerprint density at radius 3 is 2.40 bits per heavy atom. The first kappa shape index (κ1) is 30.9. The lowest BCUT2D eigenvalue weighted by molar-refractivity contribution is -0.135. The van der Waals surface area contributed by atoms with E-state index in [9.17, 15) is 14.7 Å². The quantitative estimate of drug-likeness (QED) is 0.138. The standard InChI is InChI=1S/C33H33N7O5/c1-44-28-15-9-8-14-27(28)37-32(43)39-31-36-21-35-30(38-31)25-18-33(45-2,17-16-23(25)19-34-20-29(41)42)40-26-13-7-6-12-24(26)22-10-4-3-5-11-22/h3-16,18,21,34,40H,17,19-20H2,1-2H3,(H,41,42)(H2,35,36,37,38,39,43). The van der Waals surface area contributed by atoms with Gasteiger partial charge < -0.3 is 30.5 Å². The molecule has 1 atom stereocenters. The molecule has 1 heterocycles. The van der Waals surface area contributed by atoms with Crippen LogP contribution in [0, 0.1) is 0 Å². The van der Waals surface area contributed by atoms with Crippen LogP contribution < -0.4 is 26.0 Å². The van der Waals surface area contributed by atoms with Crippen molar-refractivity contribution in [1.82, 2.24) is 20.3 Å². The van der Waals surface area contributed by atoms with Crippen molar-refractivity contribution in [2.75, 3.05) is 43.3 Å². The number of nitrogens with one attached hydrogen (secondary N) is 4. The molecule has 0 aliphatic heterocycles. The number of carboxylic acids is 1. The molecule has 1 aliphatic carbocycles.